The third-order valence-electron chi connectivity index (χ3n) is 5.69. The molecule has 2 aliphatic rings. The molecule has 0 aromatic heterocycles. The van der Waals surface area contributed by atoms with E-state index in [9.17, 15) is 18.0 Å². The molecule has 0 spiro atoms. The summed E-state index contributed by atoms with van der Waals surface area (Å²) in [7, 11) is -3.44. The molecule has 28 heavy (non-hydrogen) atoms. The van der Waals surface area contributed by atoms with E-state index in [0.717, 1.165) is 25.7 Å². The third kappa shape index (κ3) is 5.32. The van der Waals surface area contributed by atoms with Crippen LogP contribution in [0.5, 0.6) is 0 Å². The van der Waals surface area contributed by atoms with Gasteiger partial charge in [-0.05, 0) is 43.7 Å². The number of benzene rings is 1. The number of amides is 2. The molecule has 0 radical (unpaired) electrons. The Balaban J connectivity index is 1.37. The molecule has 0 atom stereocenters. The maximum Gasteiger partial charge on any atom is 0.243 e. The summed E-state index contributed by atoms with van der Waals surface area (Å²) in [6, 6.07) is 8.47. The molecule has 0 unspecified atom stereocenters. The Morgan fingerprint density at radius 2 is 1.61 bits per heavy atom. The van der Waals surface area contributed by atoms with Crippen LogP contribution in [-0.4, -0.2) is 50.7 Å². The van der Waals surface area contributed by atoms with E-state index in [1.807, 2.05) is 0 Å². The smallest absolute Gasteiger partial charge is 0.243 e. The minimum Gasteiger partial charge on any atom is -0.354 e. The lowest BCUT2D eigenvalue weighted by molar-refractivity contribution is -0.128. The van der Waals surface area contributed by atoms with Gasteiger partial charge in [0, 0.05) is 25.6 Å². The normalized spacial score (nSPS) is 19.4. The fourth-order valence-corrected chi connectivity index (χ4v) is 5.41. The maximum atomic E-state index is 12.6. The Labute approximate surface area is 166 Å². The predicted molar refractivity (Wildman–Crippen MR) is 106 cm³/mol. The number of carbonyl (C=O) groups is 2. The van der Waals surface area contributed by atoms with Crippen LogP contribution in [0.4, 0.5) is 0 Å². The summed E-state index contributed by atoms with van der Waals surface area (Å²) in [5.41, 5.74) is 0. The molecule has 1 aromatic rings. The molecule has 3 rings (SSSR count). The van der Waals surface area contributed by atoms with Crippen molar-refractivity contribution in [2.45, 2.75) is 43.4 Å². The molecule has 0 bridgehead atoms. The zero-order chi connectivity index (χ0) is 20.0. The Kier molecular flexibility index (Phi) is 7.07. The first-order valence-corrected chi connectivity index (χ1v) is 11.5. The molecule has 1 saturated carbocycles. The Bertz CT molecular complexity index is 768. The van der Waals surface area contributed by atoms with Gasteiger partial charge in [-0.25, -0.2) is 8.42 Å². The molecule has 1 aromatic carbocycles. The van der Waals surface area contributed by atoms with Crippen molar-refractivity contribution in [2.75, 3.05) is 26.2 Å². The van der Waals surface area contributed by atoms with Crippen molar-refractivity contribution in [3.05, 3.63) is 30.3 Å². The molecular formula is C20H29N3O4S. The largest absolute Gasteiger partial charge is 0.354 e. The predicted octanol–water partition coefficient (Wildman–Crippen LogP) is 1.51. The Morgan fingerprint density at radius 1 is 0.964 bits per heavy atom. The quantitative estimate of drug-likeness (QED) is 0.716. The second-order valence-corrected chi connectivity index (χ2v) is 9.60. The highest BCUT2D eigenvalue weighted by atomic mass is 32.2. The monoisotopic (exact) mass is 407 g/mol. The second kappa shape index (κ2) is 9.52. The SMILES string of the molecule is O=C(CNC(=O)C1CCCC1)NCC1CCN(S(=O)(=O)c2ccccc2)CC1. The van der Waals surface area contributed by atoms with Gasteiger partial charge >= 0.3 is 0 Å². The molecule has 1 aliphatic carbocycles. The molecule has 2 N–H and O–H groups in total. The zero-order valence-electron chi connectivity index (χ0n) is 16.1. The van der Waals surface area contributed by atoms with E-state index in [-0.39, 0.29) is 30.2 Å². The average Bonchev–Trinajstić information content (AvgIpc) is 3.26. The van der Waals surface area contributed by atoms with Gasteiger partial charge in [0.25, 0.3) is 0 Å². The van der Waals surface area contributed by atoms with Crippen LogP contribution in [0.2, 0.25) is 0 Å². The number of carbonyl (C=O) groups excluding carboxylic acids is 2. The lowest BCUT2D eigenvalue weighted by Crippen LogP contribution is -2.43. The van der Waals surface area contributed by atoms with Crippen LogP contribution < -0.4 is 10.6 Å². The van der Waals surface area contributed by atoms with Crippen LogP contribution in [0.25, 0.3) is 0 Å². The van der Waals surface area contributed by atoms with Crippen molar-refractivity contribution in [3.63, 3.8) is 0 Å². The van der Waals surface area contributed by atoms with Crippen LogP contribution in [0.3, 0.4) is 0 Å². The maximum absolute atomic E-state index is 12.6. The zero-order valence-corrected chi connectivity index (χ0v) is 16.9. The minimum atomic E-state index is -3.44. The van der Waals surface area contributed by atoms with Crippen molar-refractivity contribution in [1.29, 1.82) is 0 Å². The number of sulfonamides is 1. The number of hydrogen-bond donors (Lipinski definition) is 2. The summed E-state index contributed by atoms with van der Waals surface area (Å²) in [6.07, 6.45) is 5.42. The molecule has 154 valence electrons. The Morgan fingerprint density at radius 3 is 2.25 bits per heavy atom. The van der Waals surface area contributed by atoms with Crippen molar-refractivity contribution in [1.82, 2.24) is 14.9 Å². The van der Waals surface area contributed by atoms with Crippen molar-refractivity contribution in [2.24, 2.45) is 11.8 Å². The topological polar surface area (TPSA) is 95.6 Å². The summed E-state index contributed by atoms with van der Waals surface area (Å²) in [5, 5.41) is 5.58. The summed E-state index contributed by atoms with van der Waals surface area (Å²) >= 11 is 0. The van der Waals surface area contributed by atoms with E-state index in [1.165, 1.54) is 4.31 Å². The molecule has 2 amide bonds. The van der Waals surface area contributed by atoms with Crippen molar-refractivity contribution < 1.29 is 18.0 Å². The lowest BCUT2D eigenvalue weighted by atomic mass is 9.98. The van der Waals surface area contributed by atoms with E-state index in [1.54, 1.807) is 30.3 Å². The lowest BCUT2D eigenvalue weighted by Gasteiger charge is -2.31. The van der Waals surface area contributed by atoms with E-state index < -0.39 is 10.0 Å². The highest BCUT2D eigenvalue weighted by Crippen LogP contribution is 2.25. The summed E-state index contributed by atoms with van der Waals surface area (Å²) in [6.45, 7) is 1.43. The molecule has 1 saturated heterocycles. The first-order valence-electron chi connectivity index (χ1n) is 10.1. The van der Waals surface area contributed by atoms with E-state index in [4.69, 9.17) is 0 Å². The van der Waals surface area contributed by atoms with Crippen molar-refractivity contribution >= 4 is 21.8 Å². The van der Waals surface area contributed by atoms with Crippen LogP contribution in [-0.2, 0) is 19.6 Å². The van der Waals surface area contributed by atoms with Gasteiger partial charge in [-0.2, -0.15) is 4.31 Å². The molecule has 1 aliphatic heterocycles. The number of piperidine rings is 1. The summed E-state index contributed by atoms with van der Waals surface area (Å²) < 4.78 is 26.8. The first-order chi connectivity index (χ1) is 13.5. The minimum absolute atomic E-state index is 0.0105. The molecule has 1 heterocycles. The van der Waals surface area contributed by atoms with Crippen LogP contribution in [0, 0.1) is 11.8 Å². The van der Waals surface area contributed by atoms with Gasteiger partial charge < -0.3 is 10.6 Å². The first kappa shape index (κ1) is 20.8. The second-order valence-electron chi connectivity index (χ2n) is 7.66. The van der Waals surface area contributed by atoms with E-state index in [2.05, 4.69) is 10.6 Å². The van der Waals surface area contributed by atoms with Crippen LogP contribution in [0.15, 0.2) is 35.2 Å². The van der Waals surface area contributed by atoms with Gasteiger partial charge in [0.15, 0.2) is 0 Å². The fourth-order valence-electron chi connectivity index (χ4n) is 3.92. The average molecular weight is 408 g/mol. The number of nitrogens with zero attached hydrogens (tertiary/aromatic N) is 1. The van der Waals surface area contributed by atoms with E-state index in [0.29, 0.717) is 37.4 Å². The molecular weight excluding hydrogens is 378 g/mol. The number of hydrogen-bond acceptors (Lipinski definition) is 4. The van der Waals surface area contributed by atoms with Gasteiger partial charge in [-0.3, -0.25) is 9.59 Å². The fraction of sp³-hybridized carbons (Fsp3) is 0.600. The summed E-state index contributed by atoms with van der Waals surface area (Å²) in [5.74, 6) is 0.0955. The number of rotatable bonds is 7. The van der Waals surface area contributed by atoms with Gasteiger partial charge in [0.05, 0.1) is 11.4 Å². The highest BCUT2D eigenvalue weighted by Gasteiger charge is 2.29. The molecule has 7 nitrogen and oxygen atoms in total. The van der Waals surface area contributed by atoms with Gasteiger partial charge in [0.2, 0.25) is 21.8 Å². The summed E-state index contributed by atoms with van der Waals surface area (Å²) in [4.78, 5) is 24.2. The van der Waals surface area contributed by atoms with Crippen molar-refractivity contribution in [3.8, 4) is 0 Å². The molecule has 2 fully saturated rings. The standard InChI is InChI=1S/C20H29N3O4S/c24-19(15-22-20(25)17-6-4-5-7-17)21-14-16-10-12-23(13-11-16)28(26,27)18-8-2-1-3-9-18/h1-3,8-9,16-17H,4-7,10-15H2,(H,21,24)(H,22,25). The van der Waals surface area contributed by atoms with E-state index >= 15 is 0 Å². The molecule has 8 heteroatoms. The Hall–Kier alpha value is -1.93. The number of nitrogens with one attached hydrogen (secondary N) is 2. The van der Waals surface area contributed by atoms with Crippen LogP contribution >= 0.6 is 0 Å². The highest BCUT2D eigenvalue weighted by molar-refractivity contribution is 7.89. The van der Waals surface area contributed by atoms with Gasteiger partial charge in [-0.15, -0.1) is 0 Å². The van der Waals surface area contributed by atoms with Crippen LogP contribution in [0.1, 0.15) is 38.5 Å². The third-order valence-corrected chi connectivity index (χ3v) is 7.60. The van der Waals surface area contributed by atoms with Gasteiger partial charge in [0.1, 0.15) is 0 Å². The van der Waals surface area contributed by atoms with Gasteiger partial charge in [-0.1, -0.05) is 31.0 Å².